The molecular formula is C18H22N4O4. The molecule has 1 aromatic rings. The average molecular weight is 358 g/mol. The van der Waals surface area contributed by atoms with Crippen molar-refractivity contribution in [1.29, 1.82) is 5.26 Å². The molecule has 2 saturated heterocycles. The fourth-order valence-electron chi connectivity index (χ4n) is 4.24. The molecule has 0 aliphatic carbocycles. The van der Waals surface area contributed by atoms with E-state index < -0.39 is 17.6 Å². The fraction of sp³-hybridized carbons (Fsp3) is 0.556. The van der Waals surface area contributed by atoms with E-state index in [0.29, 0.717) is 30.6 Å². The maximum Gasteiger partial charge on any atom is 0.320 e. The van der Waals surface area contributed by atoms with Gasteiger partial charge in [0.25, 0.3) is 11.5 Å². The average Bonchev–Trinajstić information content (AvgIpc) is 2.92. The summed E-state index contributed by atoms with van der Waals surface area (Å²) in [6.45, 7) is 3.41. The van der Waals surface area contributed by atoms with Gasteiger partial charge in [-0.25, -0.2) is 0 Å². The number of carbonyl (C=O) groups excluding carboxylic acids is 1. The van der Waals surface area contributed by atoms with Crippen molar-refractivity contribution in [3.8, 4) is 6.07 Å². The second kappa shape index (κ2) is 6.57. The highest BCUT2D eigenvalue weighted by atomic mass is 16.4. The molecule has 3 rings (SSSR count). The summed E-state index contributed by atoms with van der Waals surface area (Å²) in [6, 6.07) is 1.38. The summed E-state index contributed by atoms with van der Waals surface area (Å²) in [7, 11) is 1.83. The molecule has 2 aliphatic heterocycles. The van der Waals surface area contributed by atoms with Gasteiger partial charge in [0.15, 0.2) is 0 Å². The normalized spacial score (nSPS) is 22.3. The van der Waals surface area contributed by atoms with E-state index >= 15 is 0 Å². The van der Waals surface area contributed by atoms with E-state index in [2.05, 4.69) is 4.98 Å². The summed E-state index contributed by atoms with van der Waals surface area (Å²) in [5.41, 5.74) is 0.142. The second-order valence-corrected chi connectivity index (χ2v) is 7.41. The molecule has 8 heteroatoms. The van der Waals surface area contributed by atoms with Gasteiger partial charge in [-0.3, -0.25) is 19.3 Å². The number of rotatable bonds is 2. The second-order valence-electron chi connectivity index (χ2n) is 7.41. The first kappa shape index (κ1) is 18.1. The van der Waals surface area contributed by atoms with Crippen molar-refractivity contribution in [2.24, 2.45) is 5.41 Å². The number of aromatic amines is 1. The molecule has 1 unspecified atom stereocenters. The number of nitrogens with one attached hydrogen (secondary N) is 1. The van der Waals surface area contributed by atoms with Crippen LogP contribution in [-0.4, -0.2) is 64.5 Å². The maximum atomic E-state index is 12.8. The lowest BCUT2D eigenvalue weighted by Gasteiger charge is -2.39. The Morgan fingerprint density at radius 1 is 1.38 bits per heavy atom. The van der Waals surface area contributed by atoms with Crippen molar-refractivity contribution < 1.29 is 14.7 Å². The van der Waals surface area contributed by atoms with Crippen molar-refractivity contribution in [3.05, 3.63) is 33.2 Å². The van der Waals surface area contributed by atoms with Gasteiger partial charge in [0.2, 0.25) is 0 Å². The minimum Gasteiger partial charge on any atom is -0.480 e. The van der Waals surface area contributed by atoms with Gasteiger partial charge in [-0.1, -0.05) is 0 Å². The van der Waals surface area contributed by atoms with Crippen LogP contribution in [0.5, 0.6) is 0 Å². The van der Waals surface area contributed by atoms with Crippen LogP contribution in [0.4, 0.5) is 0 Å². The highest BCUT2D eigenvalue weighted by molar-refractivity contribution is 5.95. The van der Waals surface area contributed by atoms with Gasteiger partial charge in [0.05, 0.1) is 5.56 Å². The molecule has 0 aromatic carbocycles. The molecule has 1 atom stereocenters. The molecule has 2 aliphatic rings. The molecule has 138 valence electrons. The van der Waals surface area contributed by atoms with Crippen LogP contribution in [0, 0.1) is 23.7 Å². The third kappa shape index (κ3) is 2.99. The van der Waals surface area contributed by atoms with Gasteiger partial charge in [-0.2, -0.15) is 5.26 Å². The Kier molecular flexibility index (Phi) is 4.59. The molecule has 1 amide bonds. The Morgan fingerprint density at radius 2 is 2.04 bits per heavy atom. The number of hydrogen-bond acceptors (Lipinski definition) is 5. The molecule has 0 radical (unpaired) electrons. The lowest BCUT2D eigenvalue weighted by atomic mass is 9.76. The fourth-order valence-corrected chi connectivity index (χ4v) is 4.24. The Balaban J connectivity index is 1.73. The molecule has 3 heterocycles. The van der Waals surface area contributed by atoms with Crippen molar-refractivity contribution in [1.82, 2.24) is 14.8 Å². The number of piperidine rings is 1. The van der Waals surface area contributed by atoms with Crippen LogP contribution in [0.25, 0.3) is 0 Å². The summed E-state index contributed by atoms with van der Waals surface area (Å²) < 4.78 is 0. The number of nitrogens with zero attached hydrogens (tertiary/aromatic N) is 3. The number of carbonyl (C=O) groups is 2. The first-order valence-electron chi connectivity index (χ1n) is 8.63. The van der Waals surface area contributed by atoms with E-state index in [1.165, 1.54) is 6.20 Å². The van der Waals surface area contributed by atoms with Crippen molar-refractivity contribution in [2.45, 2.75) is 32.2 Å². The number of pyridine rings is 1. The molecule has 0 bridgehead atoms. The summed E-state index contributed by atoms with van der Waals surface area (Å²) in [5, 5.41) is 18.4. The molecule has 26 heavy (non-hydrogen) atoms. The predicted molar refractivity (Wildman–Crippen MR) is 92.8 cm³/mol. The molecule has 2 N–H and O–H groups in total. The zero-order chi connectivity index (χ0) is 19.1. The number of aromatic nitrogens is 1. The first-order valence-corrected chi connectivity index (χ1v) is 8.63. The highest BCUT2D eigenvalue weighted by Crippen LogP contribution is 2.43. The number of nitriles is 1. The largest absolute Gasteiger partial charge is 0.480 e. The third-order valence-electron chi connectivity index (χ3n) is 5.84. The van der Waals surface area contributed by atoms with Crippen LogP contribution in [0.1, 0.15) is 40.7 Å². The maximum absolute atomic E-state index is 12.8. The van der Waals surface area contributed by atoms with Gasteiger partial charge in [-0.05, 0) is 44.2 Å². The Hall–Kier alpha value is -2.66. The number of likely N-dealkylation sites (N-methyl/N-ethyl adjacent to an activating group) is 1. The first-order chi connectivity index (χ1) is 12.3. The van der Waals surface area contributed by atoms with Crippen LogP contribution in [0.15, 0.2) is 11.0 Å². The summed E-state index contributed by atoms with van der Waals surface area (Å²) in [4.78, 5) is 41.9. The lowest BCUT2D eigenvalue weighted by molar-refractivity contribution is -0.141. The SMILES string of the molecule is Cc1c(C(=O)N2CCC3(CC2)CC(C(=O)O)N(C)C3)c[nH]c(=O)c1C#N. The minimum absolute atomic E-state index is 0.0361. The van der Waals surface area contributed by atoms with Gasteiger partial charge < -0.3 is 15.0 Å². The number of aliphatic carboxylic acids is 1. The number of hydrogen-bond donors (Lipinski definition) is 2. The monoisotopic (exact) mass is 358 g/mol. The van der Waals surface area contributed by atoms with E-state index in [1.807, 2.05) is 18.0 Å². The molecular weight excluding hydrogens is 336 g/mol. The van der Waals surface area contributed by atoms with Crippen molar-refractivity contribution >= 4 is 11.9 Å². The van der Waals surface area contributed by atoms with Crippen LogP contribution < -0.4 is 5.56 Å². The zero-order valence-electron chi connectivity index (χ0n) is 14.9. The number of carboxylic acids is 1. The van der Waals surface area contributed by atoms with Crippen LogP contribution >= 0.6 is 0 Å². The molecule has 8 nitrogen and oxygen atoms in total. The molecule has 1 spiro atoms. The Morgan fingerprint density at radius 3 is 2.58 bits per heavy atom. The minimum atomic E-state index is -0.796. The zero-order valence-corrected chi connectivity index (χ0v) is 14.9. The standard InChI is InChI=1S/C18H22N4O4/c1-11-12(8-19)15(23)20-9-13(11)16(24)22-5-3-18(4-6-22)7-14(17(25)26)21(2)10-18/h9,14H,3-7,10H2,1-2H3,(H,20,23)(H,25,26). The van der Waals surface area contributed by atoms with Crippen LogP contribution in [0.2, 0.25) is 0 Å². The van der Waals surface area contributed by atoms with E-state index in [4.69, 9.17) is 5.26 Å². The number of likely N-dealkylation sites (tertiary alicyclic amines) is 2. The third-order valence-corrected chi connectivity index (χ3v) is 5.84. The van der Waals surface area contributed by atoms with Crippen LogP contribution in [-0.2, 0) is 4.79 Å². The van der Waals surface area contributed by atoms with E-state index in [0.717, 1.165) is 19.4 Å². The quantitative estimate of drug-likeness (QED) is 0.798. The summed E-state index contributed by atoms with van der Waals surface area (Å²) >= 11 is 0. The van der Waals surface area contributed by atoms with E-state index in [-0.39, 0.29) is 16.9 Å². The summed E-state index contributed by atoms with van der Waals surface area (Å²) in [6.07, 6.45) is 3.48. The molecule has 1 aromatic heterocycles. The predicted octanol–water partition coefficient (Wildman–Crippen LogP) is 0.566. The Labute approximate surface area is 151 Å². The highest BCUT2D eigenvalue weighted by Gasteiger charge is 2.47. The topological polar surface area (TPSA) is 118 Å². The van der Waals surface area contributed by atoms with Gasteiger partial charge >= 0.3 is 5.97 Å². The van der Waals surface area contributed by atoms with Gasteiger partial charge in [0, 0.05) is 25.8 Å². The smallest absolute Gasteiger partial charge is 0.320 e. The number of amides is 1. The lowest BCUT2D eigenvalue weighted by Crippen LogP contribution is -2.44. The Bertz CT molecular complexity index is 846. The van der Waals surface area contributed by atoms with E-state index in [1.54, 1.807) is 11.8 Å². The number of carboxylic acid groups (broad SMARTS) is 1. The van der Waals surface area contributed by atoms with Gasteiger partial charge in [0.1, 0.15) is 17.7 Å². The summed E-state index contributed by atoms with van der Waals surface area (Å²) in [5.74, 6) is -0.998. The van der Waals surface area contributed by atoms with Crippen molar-refractivity contribution in [3.63, 3.8) is 0 Å². The van der Waals surface area contributed by atoms with E-state index in [9.17, 15) is 19.5 Å². The molecule has 0 saturated carbocycles. The van der Waals surface area contributed by atoms with Crippen LogP contribution in [0.3, 0.4) is 0 Å². The number of H-pyrrole nitrogens is 1. The van der Waals surface area contributed by atoms with Crippen molar-refractivity contribution in [2.75, 3.05) is 26.7 Å². The van der Waals surface area contributed by atoms with Gasteiger partial charge in [-0.15, -0.1) is 0 Å². The molecule has 2 fully saturated rings.